The fraction of sp³-hybridized carbons (Fsp3) is 0.130. The van der Waals surface area contributed by atoms with Gasteiger partial charge in [0.25, 0.3) is 5.91 Å². The van der Waals surface area contributed by atoms with E-state index in [1.807, 2.05) is 0 Å². The van der Waals surface area contributed by atoms with Crippen molar-refractivity contribution >= 4 is 35.2 Å². The van der Waals surface area contributed by atoms with E-state index < -0.39 is 23.5 Å². The highest BCUT2D eigenvalue weighted by Gasteiger charge is 2.36. The first-order valence-electron chi connectivity index (χ1n) is 9.08. The second-order valence-corrected chi connectivity index (χ2v) is 6.56. The van der Waals surface area contributed by atoms with Crippen molar-refractivity contribution in [2.45, 2.75) is 6.92 Å². The van der Waals surface area contributed by atoms with Gasteiger partial charge in [0.2, 0.25) is 0 Å². The lowest BCUT2D eigenvalue weighted by Gasteiger charge is -2.15. The van der Waals surface area contributed by atoms with Crippen LogP contribution in [0.2, 0.25) is 0 Å². The zero-order valence-electron chi connectivity index (χ0n) is 16.4. The first kappa shape index (κ1) is 20.7. The molecule has 0 saturated heterocycles. The number of hydrogen-bond donors (Lipinski definition) is 1. The Morgan fingerprint density at radius 3 is 2.50 bits per heavy atom. The van der Waals surface area contributed by atoms with Gasteiger partial charge in [-0.3, -0.25) is 19.2 Å². The van der Waals surface area contributed by atoms with Gasteiger partial charge in [-0.2, -0.15) is 0 Å². The van der Waals surface area contributed by atoms with Crippen LogP contribution in [0.3, 0.4) is 0 Å². The topological polar surface area (TPSA) is 98.8 Å². The lowest BCUT2D eigenvalue weighted by Crippen LogP contribution is -2.34. The summed E-state index contributed by atoms with van der Waals surface area (Å²) in [6.45, 7) is 1.47. The number of amides is 1. The largest absolute Gasteiger partial charge is 0.497 e. The number of ketones is 2. The predicted molar refractivity (Wildman–Crippen MR) is 110 cm³/mol. The first-order chi connectivity index (χ1) is 14.4. The van der Waals surface area contributed by atoms with Crippen molar-refractivity contribution in [2.24, 2.45) is 5.92 Å². The molecule has 2 aromatic rings. The van der Waals surface area contributed by atoms with Gasteiger partial charge in [0, 0.05) is 17.3 Å². The summed E-state index contributed by atoms with van der Waals surface area (Å²) in [7, 11) is 1.55. The molecular weight excluding hydrogens is 386 g/mol. The van der Waals surface area contributed by atoms with Crippen molar-refractivity contribution in [1.29, 1.82) is 0 Å². The fourth-order valence-electron chi connectivity index (χ4n) is 2.84. The molecule has 152 valence electrons. The Labute approximate surface area is 173 Å². The van der Waals surface area contributed by atoms with E-state index in [4.69, 9.17) is 9.47 Å². The van der Waals surface area contributed by atoms with Crippen LogP contribution in [-0.2, 0) is 19.1 Å². The molecule has 7 heteroatoms. The average Bonchev–Trinajstić information content (AvgIpc) is 2.72. The first-order valence-corrected chi connectivity index (χ1v) is 9.08. The number of allylic oxidation sites excluding steroid dienone is 3. The standard InChI is InChI=1S/C23H19NO6/c1-14-12-20(26)21(23(28)30-14)19(25)11-6-15-4-3-5-17(13-15)24-22(27)16-7-9-18(29-2)10-8-16/h3-13,21H,1-2H3,(H,24,27). The Morgan fingerprint density at radius 1 is 1.10 bits per heavy atom. The molecule has 0 aromatic heterocycles. The molecular formula is C23H19NO6. The van der Waals surface area contributed by atoms with Crippen LogP contribution in [0, 0.1) is 5.92 Å². The second kappa shape index (κ2) is 9.00. The molecule has 0 aliphatic carbocycles. The van der Waals surface area contributed by atoms with Crippen molar-refractivity contribution in [3.05, 3.63) is 77.6 Å². The smallest absolute Gasteiger partial charge is 0.329 e. The number of ether oxygens (including phenoxy) is 2. The second-order valence-electron chi connectivity index (χ2n) is 6.56. The average molecular weight is 405 g/mol. The van der Waals surface area contributed by atoms with Crippen LogP contribution in [0.25, 0.3) is 6.08 Å². The van der Waals surface area contributed by atoms with Gasteiger partial charge in [-0.15, -0.1) is 0 Å². The van der Waals surface area contributed by atoms with E-state index in [9.17, 15) is 19.2 Å². The lowest BCUT2D eigenvalue weighted by molar-refractivity contribution is -0.151. The Balaban J connectivity index is 1.69. The molecule has 1 heterocycles. The van der Waals surface area contributed by atoms with Crippen molar-refractivity contribution < 1.29 is 28.7 Å². The maximum atomic E-state index is 12.4. The van der Waals surface area contributed by atoms with E-state index in [1.165, 1.54) is 13.0 Å². The van der Waals surface area contributed by atoms with Crippen LogP contribution in [-0.4, -0.2) is 30.6 Å². The van der Waals surface area contributed by atoms with Gasteiger partial charge in [0.05, 0.1) is 7.11 Å². The zero-order chi connectivity index (χ0) is 21.7. The van der Waals surface area contributed by atoms with E-state index in [2.05, 4.69) is 5.32 Å². The highest BCUT2D eigenvalue weighted by molar-refractivity contribution is 6.25. The summed E-state index contributed by atoms with van der Waals surface area (Å²) < 4.78 is 9.92. The van der Waals surface area contributed by atoms with Gasteiger partial charge < -0.3 is 14.8 Å². The molecule has 1 aliphatic heterocycles. The van der Waals surface area contributed by atoms with Gasteiger partial charge in [-0.1, -0.05) is 18.2 Å². The SMILES string of the molecule is COc1ccc(C(=O)Nc2cccc(C=CC(=O)C3C(=O)C=C(C)OC3=O)c2)cc1. The summed E-state index contributed by atoms with van der Waals surface area (Å²) in [5.41, 5.74) is 1.60. The van der Waals surface area contributed by atoms with Gasteiger partial charge in [-0.05, 0) is 55.0 Å². The molecule has 3 rings (SSSR count). The van der Waals surface area contributed by atoms with Crippen molar-refractivity contribution in [1.82, 2.24) is 0 Å². The van der Waals surface area contributed by atoms with Crippen LogP contribution in [0.15, 0.2) is 66.4 Å². The quantitative estimate of drug-likeness (QED) is 0.450. The summed E-state index contributed by atoms with van der Waals surface area (Å²) in [4.78, 5) is 48.4. The number of carbonyl (C=O) groups excluding carboxylic acids is 4. The van der Waals surface area contributed by atoms with E-state index in [0.717, 1.165) is 12.2 Å². The third kappa shape index (κ3) is 4.88. The number of benzene rings is 2. The van der Waals surface area contributed by atoms with Crippen LogP contribution in [0.1, 0.15) is 22.8 Å². The molecule has 1 N–H and O–H groups in total. The van der Waals surface area contributed by atoms with Gasteiger partial charge in [0.15, 0.2) is 17.5 Å². The minimum absolute atomic E-state index is 0.165. The van der Waals surface area contributed by atoms with Crippen LogP contribution in [0.4, 0.5) is 5.69 Å². The van der Waals surface area contributed by atoms with E-state index in [0.29, 0.717) is 22.6 Å². The zero-order valence-corrected chi connectivity index (χ0v) is 16.4. The molecule has 2 aromatic carbocycles. The Kier molecular flexibility index (Phi) is 6.22. The third-order valence-corrected chi connectivity index (χ3v) is 4.35. The van der Waals surface area contributed by atoms with Crippen molar-refractivity contribution in [2.75, 3.05) is 12.4 Å². The molecule has 0 fully saturated rings. The number of hydrogen-bond acceptors (Lipinski definition) is 6. The fourth-order valence-corrected chi connectivity index (χ4v) is 2.84. The molecule has 7 nitrogen and oxygen atoms in total. The molecule has 0 spiro atoms. The highest BCUT2D eigenvalue weighted by Crippen LogP contribution is 2.18. The number of methoxy groups -OCH3 is 1. The normalized spacial score (nSPS) is 16.1. The van der Waals surface area contributed by atoms with Crippen molar-refractivity contribution in [3.63, 3.8) is 0 Å². The molecule has 1 amide bonds. The van der Waals surface area contributed by atoms with Crippen LogP contribution >= 0.6 is 0 Å². The maximum absolute atomic E-state index is 12.4. The maximum Gasteiger partial charge on any atom is 0.329 e. The molecule has 1 unspecified atom stereocenters. The molecule has 1 atom stereocenters. The van der Waals surface area contributed by atoms with E-state index >= 15 is 0 Å². The third-order valence-electron chi connectivity index (χ3n) is 4.35. The summed E-state index contributed by atoms with van der Waals surface area (Å²) in [6.07, 6.45) is 3.76. The Bertz CT molecular complexity index is 1070. The predicted octanol–water partition coefficient (Wildman–Crippen LogP) is 3.18. The molecule has 1 aliphatic rings. The molecule has 0 saturated carbocycles. The Hall–Kier alpha value is -4.00. The highest BCUT2D eigenvalue weighted by atomic mass is 16.5. The molecule has 0 radical (unpaired) electrons. The van der Waals surface area contributed by atoms with Gasteiger partial charge >= 0.3 is 5.97 Å². The van der Waals surface area contributed by atoms with Crippen molar-refractivity contribution in [3.8, 4) is 5.75 Å². The number of esters is 1. The minimum atomic E-state index is -1.48. The van der Waals surface area contributed by atoms with Gasteiger partial charge in [0.1, 0.15) is 11.5 Å². The summed E-state index contributed by atoms with van der Waals surface area (Å²) in [6, 6.07) is 13.5. The van der Waals surface area contributed by atoms with E-state index in [1.54, 1.807) is 55.6 Å². The lowest BCUT2D eigenvalue weighted by atomic mass is 9.96. The van der Waals surface area contributed by atoms with Gasteiger partial charge in [-0.25, -0.2) is 0 Å². The number of carbonyl (C=O) groups is 4. The number of nitrogens with one attached hydrogen (secondary N) is 1. The Morgan fingerprint density at radius 2 is 1.83 bits per heavy atom. The number of anilines is 1. The van der Waals surface area contributed by atoms with Crippen LogP contribution < -0.4 is 10.1 Å². The molecule has 30 heavy (non-hydrogen) atoms. The van der Waals surface area contributed by atoms with Crippen LogP contribution in [0.5, 0.6) is 5.75 Å². The monoisotopic (exact) mass is 405 g/mol. The summed E-state index contributed by atoms with van der Waals surface area (Å²) in [5.74, 6) is -3.11. The van der Waals surface area contributed by atoms with E-state index in [-0.39, 0.29) is 11.7 Å². The minimum Gasteiger partial charge on any atom is -0.497 e. The summed E-state index contributed by atoms with van der Waals surface area (Å²) >= 11 is 0. The summed E-state index contributed by atoms with van der Waals surface area (Å²) in [5, 5.41) is 2.77. The number of cyclic esters (lactones) is 1. The molecule has 0 bridgehead atoms. The number of rotatable bonds is 6.